The molecule has 0 unspecified atom stereocenters. The highest BCUT2D eigenvalue weighted by Gasteiger charge is 2.15. The second-order valence-electron chi connectivity index (χ2n) is 5.25. The minimum absolute atomic E-state index is 0.132. The van der Waals surface area contributed by atoms with E-state index in [1.807, 2.05) is 19.1 Å². The molecule has 0 spiro atoms. The van der Waals surface area contributed by atoms with Gasteiger partial charge >= 0.3 is 0 Å². The van der Waals surface area contributed by atoms with E-state index in [0.29, 0.717) is 34.8 Å². The molecule has 0 atom stereocenters. The first-order chi connectivity index (χ1) is 12.1. The van der Waals surface area contributed by atoms with Crippen molar-refractivity contribution < 1.29 is 18.7 Å². The Labute approximate surface area is 144 Å². The summed E-state index contributed by atoms with van der Waals surface area (Å²) in [5.41, 5.74) is 0.875. The van der Waals surface area contributed by atoms with Crippen molar-refractivity contribution in [3.8, 4) is 11.5 Å². The first-order valence-electron chi connectivity index (χ1n) is 7.82. The van der Waals surface area contributed by atoms with Crippen molar-refractivity contribution in [2.75, 3.05) is 19.0 Å². The number of fused-ring (bicyclic) bond motifs is 1. The largest absolute Gasteiger partial charge is 0.495 e. The third-order valence-electron chi connectivity index (χ3n) is 3.66. The summed E-state index contributed by atoms with van der Waals surface area (Å²) in [6, 6.07) is 14.1. The van der Waals surface area contributed by atoms with E-state index in [1.54, 1.807) is 36.4 Å². The van der Waals surface area contributed by atoms with Gasteiger partial charge in [-0.05, 0) is 31.2 Å². The maximum absolute atomic E-state index is 12.6. The molecular formula is C19H18N2O4. The summed E-state index contributed by atoms with van der Waals surface area (Å²) in [6.07, 6.45) is 0. The normalized spacial score (nSPS) is 10.5. The van der Waals surface area contributed by atoms with E-state index in [-0.39, 0.29) is 11.1 Å². The summed E-state index contributed by atoms with van der Waals surface area (Å²) in [5.74, 6) is 0.644. The molecule has 0 saturated carbocycles. The van der Waals surface area contributed by atoms with E-state index < -0.39 is 5.91 Å². The number of carbonyl (C=O) groups excluding carboxylic acids is 1. The highest BCUT2D eigenvalue weighted by atomic mass is 16.5. The molecule has 0 aliphatic rings. The quantitative estimate of drug-likeness (QED) is 0.745. The number of benzene rings is 2. The molecule has 6 heteroatoms. The van der Waals surface area contributed by atoms with Crippen LogP contribution in [0.2, 0.25) is 0 Å². The first-order valence-corrected chi connectivity index (χ1v) is 7.82. The van der Waals surface area contributed by atoms with Crippen LogP contribution in [0.1, 0.15) is 17.3 Å². The standard InChI is InChI=1S/C19H18N2O4/c1-3-24-16-10-6-7-12-11-13(18(20)25-17(12)16)19(22)21-14-8-4-5-9-15(14)23-2/h4-11,20H,3H2,1-2H3,(H,21,22). The van der Waals surface area contributed by atoms with Gasteiger partial charge in [-0.3, -0.25) is 10.2 Å². The molecule has 0 saturated heterocycles. The Morgan fingerprint density at radius 3 is 2.68 bits per heavy atom. The van der Waals surface area contributed by atoms with Crippen LogP contribution in [0.15, 0.2) is 52.9 Å². The molecule has 1 amide bonds. The molecule has 2 aromatic carbocycles. The third kappa shape index (κ3) is 3.33. The number of methoxy groups -OCH3 is 1. The van der Waals surface area contributed by atoms with Crippen molar-refractivity contribution >= 4 is 22.6 Å². The zero-order valence-electron chi connectivity index (χ0n) is 14.0. The molecule has 3 aromatic rings. The molecule has 0 aliphatic carbocycles. The van der Waals surface area contributed by atoms with Crippen LogP contribution in [0.25, 0.3) is 11.0 Å². The Hall–Kier alpha value is -3.28. The first kappa shape index (κ1) is 16.6. The van der Waals surface area contributed by atoms with Gasteiger partial charge in [0.15, 0.2) is 11.3 Å². The highest BCUT2D eigenvalue weighted by Crippen LogP contribution is 2.26. The fourth-order valence-electron chi connectivity index (χ4n) is 2.51. The number of rotatable bonds is 5. The average molecular weight is 338 g/mol. The lowest BCUT2D eigenvalue weighted by Gasteiger charge is -2.11. The van der Waals surface area contributed by atoms with Crippen LogP contribution in [0, 0.1) is 5.41 Å². The van der Waals surface area contributed by atoms with Gasteiger partial charge < -0.3 is 19.2 Å². The summed E-state index contributed by atoms with van der Waals surface area (Å²) >= 11 is 0. The van der Waals surface area contributed by atoms with Gasteiger partial charge in [-0.1, -0.05) is 24.3 Å². The molecule has 128 valence electrons. The van der Waals surface area contributed by atoms with Gasteiger partial charge in [-0.25, -0.2) is 0 Å². The van der Waals surface area contributed by atoms with E-state index in [0.717, 1.165) is 0 Å². The Morgan fingerprint density at radius 2 is 1.92 bits per heavy atom. The molecule has 0 radical (unpaired) electrons. The summed E-state index contributed by atoms with van der Waals surface area (Å²) in [5, 5.41) is 11.5. The van der Waals surface area contributed by atoms with E-state index >= 15 is 0 Å². The Kier molecular flexibility index (Phi) is 4.70. The maximum Gasteiger partial charge on any atom is 0.261 e. The second-order valence-corrected chi connectivity index (χ2v) is 5.25. The number of hydrogen-bond donors (Lipinski definition) is 2. The lowest BCUT2D eigenvalue weighted by molar-refractivity contribution is 0.102. The molecule has 1 heterocycles. The van der Waals surface area contributed by atoms with Crippen LogP contribution in [-0.4, -0.2) is 19.6 Å². The number of anilines is 1. The molecule has 2 N–H and O–H groups in total. The lowest BCUT2D eigenvalue weighted by atomic mass is 10.1. The van der Waals surface area contributed by atoms with Crippen LogP contribution in [0.4, 0.5) is 5.69 Å². The Bertz CT molecular complexity index is 979. The topological polar surface area (TPSA) is 84.5 Å². The Morgan fingerprint density at radius 1 is 1.16 bits per heavy atom. The smallest absolute Gasteiger partial charge is 0.261 e. The predicted octanol–water partition coefficient (Wildman–Crippen LogP) is 3.57. The molecule has 6 nitrogen and oxygen atoms in total. The number of carbonyl (C=O) groups is 1. The van der Waals surface area contributed by atoms with Crippen molar-refractivity contribution in [1.82, 2.24) is 0 Å². The van der Waals surface area contributed by atoms with E-state index in [2.05, 4.69) is 5.32 Å². The van der Waals surface area contributed by atoms with Crippen molar-refractivity contribution in [2.45, 2.75) is 6.92 Å². The van der Waals surface area contributed by atoms with Crippen LogP contribution in [0.5, 0.6) is 11.5 Å². The number of hydrogen-bond acceptors (Lipinski definition) is 5. The Balaban J connectivity index is 1.99. The van der Waals surface area contributed by atoms with Gasteiger partial charge in [0, 0.05) is 5.39 Å². The summed E-state index contributed by atoms with van der Waals surface area (Å²) < 4.78 is 16.3. The molecule has 0 fully saturated rings. The summed E-state index contributed by atoms with van der Waals surface area (Å²) in [4.78, 5) is 12.6. The van der Waals surface area contributed by atoms with Crippen molar-refractivity contribution in [3.63, 3.8) is 0 Å². The van der Waals surface area contributed by atoms with Crippen LogP contribution < -0.4 is 20.3 Å². The van der Waals surface area contributed by atoms with Crippen molar-refractivity contribution in [1.29, 1.82) is 5.41 Å². The second kappa shape index (κ2) is 7.09. The number of amides is 1. The molecule has 25 heavy (non-hydrogen) atoms. The van der Waals surface area contributed by atoms with E-state index in [9.17, 15) is 4.79 Å². The van der Waals surface area contributed by atoms with Gasteiger partial charge in [0.1, 0.15) is 11.3 Å². The van der Waals surface area contributed by atoms with E-state index in [1.165, 1.54) is 7.11 Å². The lowest BCUT2D eigenvalue weighted by Crippen LogP contribution is -2.21. The maximum atomic E-state index is 12.6. The van der Waals surface area contributed by atoms with E-state index in [4.69, 9.17) is 19.3 Å². The van der Waals surface area contributed by atoms with Gasteiger partial charge in [0.25, 0.3) is 5.91 Å². The van der Waals surface area contributed by atoms with Gasteiger partial charge in [-0.15, -0.1) is 0 Å². The third-order valence-corrected chi connectivity index (χ3v) is 3.66. The monoisotopic (exact) mass is 338 g/mol. The fourth-order valence-corrected chi connectivity index (χ4v) is 2.51. The minimum atomic E-state index is -0.443. The predicted molar refractivity (Wildman–Crippen MR) is 94.2 cm³/mol. The van der Waals surface area contributed by atoms with Gasteiger partial charge in [0.05, 0.1) is 19.4 Å². The fraction of sp³-hybridized carbons (Fsp3) is 0.158. The molecule has 3 rings (SSSR count). The van der Waals surface area contributed by atoms with Gasteiger partial charge in [0.2, 0.25) is 5.55 Å². The number of nitrogens with one attached hydrogen (secondary N) is 2. The molecule has 0 aliphatic heterocycles. The number of ether oxygens (including phenoxy) is 2. The SMILES string of the molecule is CCOc1cccc2cc(C(=O)Nc3ccccc3OC)c(=N)oc12. The van der Waals surface area contributed by atoms with Crippen molar-refractivity contribution in [2.24, 2.45) is 0 Å². The van der Waals surface area contributed by atoms with Crippen LogP contribution >= 0.6 is 0 Å². The highest BCUT2D eigenvalue weighted by molar-refractivity contribution is 6.06. The zero-order valence-corrected chi connectivity index (χ0v) is 14.0. The molecule has 0 bridgehead atoms. The average Bonchev–Trinajstić information content (AvgIpc) is 2.62. The van der Waals surface area contributed by atoms with Crippen LogP contribution in [-0.2, 0) is 0 Å². The summed E-state index contributed by atoms with van der Waals surface area (Å²) in [7, 11) is 1.53. The van der Waals surface area contributed by atoms with Crippen molar-refractivity contribution in [3.05, 3.63) is 59.6 Å². The molecule has 1 aromatic heterocycles. The number of para-hydroxylation sites is 3. The summed E-state index contributed by atoms with van der Waals surface area (Å²) in [6.45, 7) is 2.35. The molecular weight excluding hydrogens is 320 g/mol. The van der Waals surface area contributed by atoms with Crippen LogP contribution in [0.3, 0.4) is 0 Å². The minimum Gasteiger partial charge on any atom is -0.495 e. The zero-order chi connectivity index (χ0) is 17.8. The van der Waals surface area contributed by atoms with Gasteiger partial charge in [-0.2, -0.15) is 0 Å².